The zero-order valence-electron chi connectivity index (χ0n) is 13.0. The second-order valence-electron chi connectivity index (χ2n) is 6.04. The van der Waals surface area contributed by atoms with Crippen molar-refractivity contribution in [3.05, 3.63) is 29.8 Å². The number of ether oxygens (including phenoxy) is 1. The van der Waals surface area contributed by atoms with Crippen molar-refractivity contribution < 1.29 is 4.74 Å². The first-order chi connectivity index (χ1) is 9.78. The van der Waals surface area contributed by atoms with Crippen LogP contribution in [0.1, 0.15) is 57.9 Å². The average molecular weight is 275 g/mol. The van der Waals surface area contributed by atoms with Gasteiger partial charge in [0.15, 0.2) is 0 Å². The number of rotatable bonds is 6. The first-order valence-electron chi connectivity index (χ1n) is 8.27. The van der Waals surface area contributed by atoms with Gasteiger partial charge in [-0.1, -0.05) is 31.9 Å². The summed E-state index contributed by atoms with van der Waals surface area (Å²) in [7, 11) is 0. The molecule has 0 amide bonds. The van der Waals surface area contributed by atoms with Crippen molar-refractivity contribution in [3.63, 3.8) is 0 Å². The van der Waals surface area contributed by atoms with Crippen LogP contribution in [0.4, 0.5) is 0 Å². The molecule has 20 heavy (non-hydrogen) atoms. The van der Waals surface area contributed by atoms with E-state index in [9.17, 15) is 0 Å². The highest BCUT2D eigenvalue weighted by Gasteiger charge is 2.13. The number of nitrogens with one attached hydrogen (secondary N) is 1. The Morgan fingerprint density at radius 3 is 2.35 bits per heavy atom. The Kier molecular flexibility index (Phi) is 6.38. The predicted molar refractivity (Wildman–Crippen MR) is 85.4 cm³/mol. The molecule has 0 radical (unpaired) electrons. The molecule has 1 atom stereocenters. The highest BCUT2D eigenvalue weighted by Crippen LogP contribution is 2.23. The molecule has 1 aromatic rings. The minimum absolute atomic E-state index is 0.434. The van der Waals surface area contributed by atoms with Crippen LogP contribution in [-0.2, 0) is 6.42 Å². The third-order valence-corrected chi connectivity index (χ3v) is 4.12. The molecule has 0 bridgehead atoms. The van der Waals surface area contributed by atoms with Crippen LogP contribution in [0.25, 0.3) is 0 Å². The standard InChI is InChI=1S/C18H29NO/c1-3-19-15(2)14-16-10-12-18(13-11-16)20-17-8-6-4-5-7-9-17/h10-13,15,17,19H,3-9,14H2,1-2H3. The van der Waals surface area contributed by atoms with Gasteiger partial charge in [-0.25, -0.2) is 0 Å². The topological polar surface area (TPSA) is 21.3 Å². The number of benzene rings is 1. The highest BCUT2D eigenvalue weighted by molar-refractivity contribution is 5.28. The molecular formula is C18H29NO. The largest absolute Gasteiger partial charge is 0.490 e. The second-order valence-corrected chi connectivity index (χ2v) is 6.04. The van der Waals surface area contributed by atoms with Crippen LogP contribution in [-0.4, -0.2) is 18.7 Å². The van der Waals surface area contributed by atoms with E-state index in [0.717, 1.165) is 18.7 Å². The maximum atomic E-state index is 6.13. The zero-order chi connectivity index (χ0) is 14.2. The third kappa shape index (κ3) is 5.16. The van der Waals surface area contributed by atoms with Crippen LogP contribution in [0.2, 0.25) is 0 Å². The van der Waals surface area contributed by atoms with E-state index in [1.807, 2.05) is 0 Å². The quantitative estimate of drug-likeness (QED) is 0.780. The fraction of sp³-hybridized carbons (Fsp3) is 0.667. The van der Waals surface area contributed by atoms with E-state index in [-0.39, 0.29) is 0 Å². The van der Waals surface area contributed by atoms with E-state index in [1.165, 1.54) is 44.1 Å². The molecule has 2 rings (SSSR count). The van der Waals surface area contributed by atoms with E-state index in [2.05, 4.69) is 43.4 Å². The molecule has 112 valence electrons. The molecule has 2 heteroatoms. The van der Waals surface area contributed by atoms with Crippen molar-refractivity contribution in [2.24, 2.45) is 0 Å². The molecule has 1 aromatic carbocycles. The minimum atomic E-state index is 0.434. The molecule has 0 spiro atoms. The third-order valence-electron chi connectivity index (χ3n) is 4.12. The van der Waals surface area contributed by atoms with Crippen molar-refractivity contribution in [2.45, 2.75) is 70.9 Å². The molecule has 0 saturated heterocycles. The summed E-state index contributed by atoms with van der Waals surface area (Å²) < 4.78 is 6.13. The van der Waals surface area contributed by atoms with Gasteiger partial charge in [0, 0.05) is 6.04 Å². The lowest BCUT2D eigenvalue weighted by molar-refractivity contribution is 0.183. The molecule has 0 heterocycles. The summed E-state index contributed by atoms with van der Waals surface area (Å²) >= 11 is 0. The molecule has 2 nitrogen and oxygen atoms in total. The van der Waals surface area contributed by atoms with Crippen molar-refractivity contribution >= 4 is 0 Å². The zero-order valence-corrected chi connectivity index (χ0v) is 13.0. The molecule has 0 aromatic heterocycles. The van der Waals surface area contributed by atoms with Gasteiger partial charge in [-0.2, -0.15) is 0 Å². The van der Waals surface area contributed by atoms with E-state index in [1.54, 1.807) is 0 Å². The van der Waals surface area contributed by atoms with Crippen LogP contribution in [0, 0.1) is 0 Å². The molecule has 1 unspecified atom stereocenters. The first kappa shape index (κ1) is 15.4. The lowest BCUT2D eigenvalue weighted by atomic mass is 10.1. The van der Waals surface area contributed by atoms with E-state index < -0.39 is 0 Å². The van der Waals surface area contributed by atoms with Gasteiger partial charge in [-0.15, -0.1) is 0 Å². The Balaban J connectivity index is 1.84. The summed E-state index contributed by atoms with van der Waals surface area (Å²) in [6, 6.07) is 9.23. The summed E-state index contributed by atoms with van der Waals surface area (Å²) in [5, 5.41) is 3.45. The highest BCUT2D eigenvalue weighted by atomic mass is 16.5. The first-order valence-corrected chi connectivity index (χ1v) is 8.27. The molecular weight excluding hydrogens is 246 g/mol. The van der Waals surface area contributed by atoms with E-state index in [4.69, 9.17) is 4.74 Å². The molecule has 1 aliphatic rings. The monoisotopic (exact) mass is 275 g/mol. The SMILES string of the molecule is CCNC(C)Cc1ccc(OC2CCCCCC2)cc1. The number of hydrogen-bond acceptors (Lipinski definition) is 2. The smallest absolute Gasteiger partial charge is 0.119 e. The van der Waals surface area contributed by atoms with Crippen LogP contribution >= 0.6 is 0 Å². The van der Waals surface area contributed by atoms with E-state index >= 15 is 0 Å². The van der Waals surface area contributed by atoms with Crippen molar-refractivity contribution in [1.29, 1.82) is 0 Å². The minimum Gasteiger partial charge on any atom is -0.490 e. The Labute approximate surface area is 123 Å². The van der Waals surface area contributed by atoms with Gasteiger partial charge in [-0.3, -0.25) is 0 Å². The van der Waals surface area contributed by atoms with Gasteiger partial charge < -0.3 is 10.1 Å². The lowest BCUT2D eigenvalue weighted by Crippen LogP contribution is -2.27. The second kappa shape index (κ2) is 8.31. The van der Waals surface area contributed by atoms with Crippen LogP contribution in [0.5, 0.6) is 5.75 Å². The van der Waals surface area contributed by atoms with Crippen LogP contribution in [0.3, 0.4) is 0 Å². The van der Waals surface area contributed by atoms with Crippen molar-refractivity contribution in [2.75, 3.05) is 6.54 Å². The summed E-state index contributed by atoms with van der Waals surface area (Å²) in [5.74, 6) is 1.04. The summed E-state index contributed by atoms with van der Waals surface area (Å²) in [5.41, 5.74) is 1.38. The Bertz CT molecular complexity index is 366. The summed E-state index contributed by atoms with van der Waals surface area (Å²) in [6.45, 7) is 5.42. The maximum Gasteiger partial charge on any atom is 0.119 e. The Hall–Kier alpha value is -1.02. The van der Waals surface area contributed by atoms with Gasteiger partial charge in [-0.05, 0) is 63.3 Å². The summed E-state index contributed by atoms with van der Waals surface area (Å²) in [4.78, 5) is 0. The van der Waals surface area contributed by atoms with Crippen LogP contribution < -0.4 is 10.1 Å². The van der Waals surface area contributed by atoms with Gasteiger partial charge in [0.25, 0.3) is 0 Å². The van der Waals surface area contributed by atoms with Crippen molar-refractivity contribution in [3.8, 4) is 5.75 Å². The lowest BCUT2D eigenvalue weighted by Gasteiger charge is -2.17. The van der Waals surface area contributed by atoms with Gasteiger partial charge in [0.05, 0.1) is 6.10 Å². The Morgan fingerprint density at radius 2 is 1.75 bits per heavy atom. The number of likely N-dealkylation sites (N-methyl/N-ethyl adjacent to an activating group) is 1. The van der Waals surface area contributed by atoms with E-state index in [0.29, 0.717) is 12.1 Å². The molecule has 1 saturated carbocycles. The molecule has 1 aliphatic carbocycles. The van der Waals surface area contributed by atoms with Gasteiger partial charge in [0.2, 0.25) is 0 Å². The van der Waals surface area contributed by atoms with Gasteiger partial charge >= 0.3 is 0 Å². The van der Waals surface area contributed by atoms with Gasteiger partial charge in [0.1, 0.15) is 5.75 Å². The summed E-state index contributed by atoms with van der Waals surface area (Å²) in [6.07, 6.45) is 9.36. The molecule has 0 aliphatic heterocycles. The van der Waals surface area contributed by atoms with Crippen LogP contribution in [0.15, 0.2) is 24.3 Å². The maximum absolute atomic E-state index is 6.13. The average Bonchev–Trinajstić information content (AvgIpc) is 2.70. The molecule has 1 fully saturated rings. The predicted octanol–water partition coefficient (Wildman–Crippen LogP) is 4.33. The Morgan fingerprint density at radius 1 is 1.10 bits per heavy atom. The van der Waals surface area contributed by atoms with Crippen molar-refractivity contribution in [1.82, 2.24) is 5.32 Å². The molecule has 1 N–H and O–H groups in total. The normalized spacial score (nSPS) is 18.5. The number of hydrogen-bond donors (Lipinski definition) is 1. The fourth-order valence-corrected chi connectivity index (χ4v) is 3.03. The fourth-order valence-electron chi connectivity index (χ4n) is 3.03.